The second-order valence-corrected chi connectivity index (χ2v) is 8.77. The number of rotatable bonds is 5. The molecule has 3 nitrogen and oxygen atoms in total. The van der Waals surface area contributed by atoms with E-state index < -0.39 is 9.84 Å². The summed E-state index contributed by atoms with van der Waals surface area (Å²) in [7, 11) is -3.17. The van der Waals surface area contributed by atoms with Crippen LogP contribution in [0.5, 0.6) is 0 Å². The quantitative estimate of drug-likeness (QED) is 0.411. The Balaban J connectivity index is 2.00. The maximum absolute atomic E-state index is 12.0. The third-order valence-electron chi connectivity index (χ3n) is 2.79. The van der Waals surface area contributed by atoms with Crippen LogP contribution in [-0.2, 0) is 9.84 Å². The number of carbonyl (C=O) groups excluding carboxylic acids is 1. The summed E-state index contributed by atoms with van der Waals surface area (Å²) in [4.78, 5) is 13.2. The summed E-state index contributed by atoms with van der Waals surface area (Å²) in [6, 6.07) is 14.0. The fraction of sp³-hybridized carbons (Fsp3) is 0.133. The summed E-state index contributed by atoms with van der Waals surface area (Å²) in [5.41, 5.74) is 0.690. The van der Waals surface area contributed by atoms with Crippen LogP contribution >= 0.6 is 34.4 Å². The highest BCUT2D eigenvalue weighted by molar-refractivity contribution is 14.1. The fourth-order valence-electron chi connectivity index (χ4n) is 1.65. The largest absolute Gasteiger partial charge is 0.293 e. The Kier molecular flexibility index (Phi) is 5.45. The van der Waals surface area contributed by atoms with Crippen LogP contribution in [0.4, 0.5) is 0 Å². The van der Waals surface area contributed by atoms with Crippen molar-refractivity contribution >= 4 is 50.0 Å². The van der Waals surface area contributed by atoms with E-state index in [1.54, 1.807) is 24.3 Å². The minimum absolute atomic E-state index is 0.0589. The summed E-state index contributed by atoms with van der Waals surface area (Å²) < 4.78 is 23.8. The molecule has 2 aromatic carbocycles. The molecule has 0 heterocycles. The summed E-state index contributed by atoms with van der Waals surface area (Å²) >= 11 is 3.59. The first-order valence-corrected chi connectivity index (χ1v) is 10.0. The molecular formula is C15H13IO3S2. The lowest BCUT2D eigenvalue weighted by Gasteiger charge is -2.03. The van der Waals surface area contributed by atoms with Gasteiger partial charge in [0.25, 0.3) is 0 Å². The Labute approximate surface area is 142 Å². The van der Waals surface area contributed by atoms with Crippen LogP contribution in [0.3, 0.4) is 0 Å². The van der Waals surface area contributed by atoms with Gasteiger partial charge in [-0.25, -0.2) is 8.42 Å². The molecule has 0 atom stereocenters. The molecule has 0 aliphatic rings. The van der Waals surface area contributed by atoms with Gasteiger partial charge in [-0.2, -0.15) is 0 Å². The van der Waals surface area contributed by atoms with E-state index in [4.69, 9.17) is 0 Å². The molecule has 0 saturated heterocycles. The molecule has 0 aromatic heterocycles. The van der Waals surface area contributed by atoms with Gasteiger partial charge in [0.2, 0.25) is 0 Å². The van der Waals surface area contributed by atoms with Crippen molar-refractivity contribution < 1.29 is 13.2 Å². The highest BCUT2D eigenvalue weighted by Gasteiger charge is 2.09. The van der Waals surface area contributed by atoms with Gasteiger partial charge in [0.05, 0.1) is 10.6 Å². The molecule has 0 bridgehead atoms. The van der Waals surface area contributed by atoms with E-state index in [1.165, 1.54) is 18.0 Å². The molecule has 0 radical (unpaired) electrons. The van der Waals surface area contributed by atoms with Crippen LogP contribution in [0.25, 0.3) is 0 Å². The standard InChI is InChI=1S/C15H13IO3S2/c1-21(18,19)14-8-6-13(7-9-14)20-10-15(17)11-2-4-12(16)5-3-11/h2-9H,10H2,1H3. The van der Waals surface area contributed by atoms with Crippen molar-refractivity contribution in [2.75, 3.05) is 12.0 Å². The molecule has 2 rings (SSSR count). The van der Waals surface area contributed by atoms with E-state index in [-0.39, 0.29) is 10.7 Å². The lowest BCUT2D eigenvalue weighted by molar-refractivity contribution is 0.102. The maximum Gasteiger partial charge on any atom is 0.175 e. The third kappa shape index (κ3) is 4.82. The SMILES string of the molecule is CS(=O)(=O)c1ccc(SCC(=O)c2ccc(I)cc2)cc1. The molecule has 0 aliphatic heterocycles. The van der Waals surface area contributed by atoms with Gasteiger partial charge in [0.15, 0.2) is 15.6 Å². The number of halogens is 1. The van der Waals surface area contributed by atoms with E-state index >= 15 is 0 Å². The van der Waals surface area contributed by atoms with E-state index in [0.717, 1.165) is 8.47 Å². The molecule has 0 spiro atoms. The van der Waals surface area contributed by atoms with Gasteiger partial charge in [0.1, 0.15) is 0 Å². The maximum atomic E-state index is 12.0. The second kappa shape index (κ2) is 6.93. The molecule has 0 fully saturated rings. The molecule has 0 amide bonds. The monoisotopic (exact) mass is 432 g/mol. The number of ketones is 1. The number of benzene rings is 2. The van der Waals surface area contributed by atoms with Crippen molar-refractivity contribution in [3.8, 4) is 0 Å². The number of hydrogen-bond acceptors (Lipinski definition) is 4. The highest BCUT2D eigenvalue weighted by Crippen LogP contribution is 2.21. The molecule has 0 unspecified atom stereocenters. The molecule has 6 heteroatoms. The van der Waals surface area contributed by atoms with Crippen molar-refractivity contribution in [2.45, 2.75) is 9.79 Å². The minimum atomic E-state index is -3.17. The normalized spacial score (nSPS) is 11.3. The average Bonchev–Trinajstić information content (AvgIpc) is 2.45. The van der Waals surface area contributed by atoms with Crippen molar-refractivity contribution in [1.29, 1.82) is 0 Å². The summed E-state index contributed by atoms with van der Waals surface area (Å²) in [5.74, 6) is 0.391. The predicted molar refractivity (Wildman–Crippen MR) is 93.8 cm³/mol. The Bertz CT molecular complexity index is 735. The predicted octanol–water partition coefficient (Wildman–Crippen LogP) is 3.67. The zero-order valence-electron chi connectivity index (χ0n) is 11.2. The smallest absolute Gasteiger partial charge is 0.175 e. The highest BCUT2D eigenvalue weighted by atomic mass is 127. The number of hydrogen-bond donors (Lipinski definition) is 0. The second-order valence-electron chi connectivity index (χ2n) is 4.46. The minimum Gasteiger partial charge on any atom is -0.293 e. The molecule has 0 N–H and O–H groups in total. The topological polar surface area (TPSA) is 51.2 Å². The van der Waals surface area contributed by atoms with Gasteiger partial charge in [-0.3, -0.25) is 4.79 Å². The molecule has 21 heavy (non-hydrogen) atoms. The van der Waals surface area contributed by atoms with Gasteiger partial charge in [-0.1, -0.05) is 12.1 Å². The lowest BCUT2D eigenvalue weighted by atomic mass is 10.2. The fourth-order valence-corrected chi connectivity index (χ4v) is 3.43. The van der Waals surface area contributed by atoms with Crippen molar-refractivity contribution in [1.82, 2.24) is 0 Å². The van der Waals surface area contributed by atoms with Crippen LogP contribution in [0.2, 0.25) is 0 Å². The van der Waals surface area contributed by atoms with E-state index in [0.29, 0.717) is 11.3 Å². The third-order valence-corrected chi connectivity index (χ3v) is 5.65. The van der Waals surface area contributed by atoms with Gasteiger partial charge in [-0.05, 0) is 59.0 Å². The molecule has 0 saturated carbocycles. The number of thioether (sulfide) groups is 1. The van der Waals surface area contributed by atoms with E-state index in [9.17, 15) is 13.2 Å². The van der Waals surface area contributed by atoms with Gasteiger partial charge >= 0.3 is 0 Å². The lowest BCUT2D eigenvalue weighted by Crippen LogP contribution is -2.02. The Morgan fingerprint density at radius 1 is 1.05 bits per heavy atom. The summed E-state index contributed by atoms with van der Waals surface area (Å²) in [6.45, 7) is 0. The molecule has 0 aliphatic carbocycles. The zero-order valence-corrected chi connectivity index (χ0v) is 15.0. The molecule has 110 valence electrons. The van der Waals surface area contributed by atoms with Gasteiger partial charge < -0.3 is 0 Å². The molecule has 2 aromatic rings. The summed E-state index contributed by atoms with van der Waals surface area (Å²) in [5, 5.41) is 0. The van der Waals surface area contributed by atoms with Crippen LogP contribution in [0.1, 0.15) is 10.4 Å². The van der Waals surface area contributed by atoms with Gasteiger partial charge in [0, 0.05) is 20.3 Å². The van der Waals surface area contributed by atoms with Crippen LogP contribution in [0, 0.1) is 3.57 Å². The first-order chi connectivity index (χ1) is 9.86. The van der Waals surface area contributed by atoms with Crippen LogP contribution < -0.4 is 0 Å². The molecular weight excluding hydrogens is 419 g/mol. The number of sulfone groups is 1. The van der Waals surface area contributed by atoms with E-state index in [2.05, 4.69) is 22.6 Å². The Morgan fingerprint density at radius 3 is 2.14 bits per heavy atom. The van der Waals surface area contributed by atoms with Gasteiger partial charge in [-0.15, -0.1) is 11.8 Å². The summed E-state index contributed by atoms with van der Waals surface area (Å²) in [6.07, 6.45) is 1.18. The average molecular weight is 432 g/mol. The number of carbonyl (C=O) groups is 1. The first-order valence-electron chi connectivity index (χ1n) is 6.08. The Morgan fingerprint density at radius 2 is 1.62 bits per heavy atom. The van der Waals surface area contributed by atoms with Crippen LogP contribution in [0.15, 0.2) is 58.3 Å². The van der Waals surface area contributed by atoms with Crippen molar-refractivity contribution in [2.24, 2.45) is 0 Å². The van der Waals surface area contributed by atoms with E-state index in [1.807, 2.05) is 24.3 Å². The van der Waals surface area contributed by atoms with Crippen molar-refractivity contribution in [3.05, 3.63) is 57.7 Å². The van der Waals surface area contributed by atoms with Crippen LogP contribution in [-0.4, -0.2) is 26.2 Å². The zero-order chi connectivity index (χ0) is 15.5. The van der Waals surface area contributed by atoms with Crippen molar-refractivity contribution in [3.63, 3.8) is 0 Å². The first kappa shape index (κ1) is 16.5. The Hall–Kier alpha value is -0.860. The number of Topliss-reactive ketones (excluding diaryl/α,β-unsaturated/α-hetero) is 1.